The minimum atomic E-state index is -0.169. The third-order valence-electron chi connectivity index (χ3n) is 4.55. The number of rotatable bonds is 4. The highest BCUT2D eigenvalue weighted by Gasteiger charge is 2.29. The number of hydrogen-bond acceptors (Lipinski definition) is 3. The van der Waals surface area contributed by atoms with Crippen molar-refractivity contribution in [1.82, 2.24) is 4.90 Å². The zero-order valence-corrected chi connectivity index (χ0v) is 14.8. The van der Waals surface area contributed by atoms with E-state index in [2.05, 4.69) is 0 Å². The van der Waals surface area contributed by atoms with Gasteiger partial charge in [0.2, 0.25) is 0 Å². The number of benzene rings is 2. The molecular weight excluding hydrogens is 338 g/mol. The van der Waals surface area contributed by atoms with E-state index in [9.17, 15) is 9.59 Å². The van der Waals surface area contributed by atoms with Crippen molar-refractivity contribution in [3.63, 3.8) is 0 Å². The highest BCUT2D eigenvalue weighted by molar-refractivity contribution is 6.30. The van der Waals surface area contributed by atoms with Gasteiger partial charge in [0.15, 0.2) is 5.78 Å². The molecule has 0 radical (unpaired) electrons. The molecule has 1 aliphatic rings. The molecule has 2 aromatic rings. The highest BCUT2D eigenvalue weighted by Crippen LogP contribution is 2.23. The molecule has 2 aromatic carbocycles. The van der Waals surface area contributed by atoms with Gasteiger partial charge in [0.25, 0.3) is 5.91 Å². The van der Waals surface area contributed by atoms with Crippen molar-refractivity contribution < 1.29 is 14.3 Å². The van der Waals surface area contributed by atoms with Crippen LogP contribution in [0.5, 0.6) is 5.75 Å². The number of nitrogens with zero attached hydrogens (tertiary/aromatic N) is 1. The Balaban J connectivity index is 1.70. The first kappa shape index (κ1) is 17.5. The summed E-state index contributed by atoms with van der Waals surface area (Å²) < 4.78 is 5.12. The number of halogens is 1. The second kappa shape index (κ2) is 7.70. The third kappa shape index (κ3) is 4.02. The Kier molecular flexibility index (Phi) is 5.39. The Hall–Kier alpha value is -2.33. The van der Waals surface area contributed by atoms with Gasteiger partial charge in [-0.2, -0.15) is 0 Å². The maximum absolute atomic E-state index is 12.7. The molecule has 1 saturated heterocycles. The fourth-order valence-electron chi connectivity index (χ4n) is 3.14. The van der Waals surface area contributed by atoms with Crippen molar-refractivity contribution in [2.24, 2.45) is 5.92 Å². The van der Waals surface area contributed by atoms with E-state index in [4.69, 9.17) is 16.3 Å². The zero-order chi connectivity index (χ0) is 17.8. The van der Waals surface area contributed by atoms with Gasteiger partial charge in [-0.1, -0.05) is 11.6 Å². The topological polar surface area (TPSA) is 46.6 Å². The lowest BCUT2D eigenvalue weighted by atomic mass is 9.89. The van der Waals surface area contributed by atoms with E-state index >= 15 is 0 Å². The van der Waals surface area contributed by atoms with Gasteiger partial charge in [-0.3, -0.25) is 9.59 Å². The summed E-state index contributed by atoms with van der Waals surface area (Å²) in [4.78, 5) is 27.2. The summed E-state index contributed by atoms with van der Waals surface area (Å²) >= 11 is 5.88. The summed E-state index contributed by atoms with van der Waals surface area (Å²) in [5.74, 6) is 0.572. The first-order chi connectivity index (χ1) is 12.1. The molecule has 5 heteroatoms. The number of carbonyl (C=O) groups excluding carboxylic acids is 2. The molecule has 1 heterocycles. The molecule has 1 aliphatic heterocycles. The van der Waals surface area contributed by atoms with Gasteiger partial charge in [0, 0.05) is 35.2 Å². The van der Waals surface area contributed by atoms with Gasteiger partial charge in [-0.05, 0) is 61.4 Å². The number of amides is 1. The van der Waals surface area contributed by atoms with E-state index in [0.717, 1.165) is 12.8 Å². The molecule has 0 saturated carbocycles. The quantitative estimate of drug-likeness (QED) is 0.774. The van der Waals surface area contributed by atoms with Crippen molar-refractivity contribution >= 4 is 23.3 Å². The SMILES string of the molecule is COc1ccc(C(=O)N2CCCC(C(=O)c3ccc(Cl)cc3)C2)cc1. The maximum Gasteiger partial charge on any atom is 0.253 e. The monoisotopic (exact) mass is 357 g/mol. The Labute approximate surface area is 152 Å². The van der Waals surface area contributed by atoms with Crippen LogP contribution in [0.1, 0.15) is 33.6 Å². The molecule has 0 aliphatic carbocycles. The number of methoxy groups -OCH3 is 1. The number of carbonyl (C=O) groups is 2. The molecule has 0 N–H and O–H groups in total. The standard InChI is InChI=1S/C20H20ClNO3/c1-25-18-10-6-15(7-11-18)20(24)22-12-2-3-16(13-22)19(23)14-4-8-17(21)9-5-14/h4-11,16H,2-3,12-13H2,1H3. The van der Waals surface area contributed by atoms with Crippen molar-refractivity contribution in [3.05, 3.63) is 64.7 Å². The van der Waals surface area contributed by atoms with Crippen molar-refractivity contribution in [3.8, 4) is 5.75 Å². The molecule has 0 bridgehead atoms. The van der Waals surface area contributed by atoms with Crippen LogP contribution in [0.15, 0.2) is 48.5 Å². The lowest BCUT2D eigenvalue weighted by molar-refractivity contribution is 0.0637. The molecule has 3 rings (SSSR count). The molecule has 1 atom stereocenters. The van der Waals surface area contributed by atoms with Crippen LogP contribution in [0.2, 0.25) is 5.02 Å². The molecule has 4 nitrogen and oxygen atoms in total. The predicted molar refractivity (Wildman–Crippen MR) is 97.4 cm³/mol. The number of piperidine rings is 1. The largest absolute Gasteiger partial charge is 0.497 e. The van der Waals surface area contributed by atoms with Crippen LogP contribution in [0, 0.1) is 5.92 Å². The third-order valence-corrected chi connectivity index (χ3v) is 4.80. The molecule has 25 heavy (non-hydrogen) atoms. The molecule has 1 amide bonds. The first-order valence-corrected chi connectivity index (χ1v) is 8.69. The van der Waals surface area contributed by atoms with Crippen LogP contribution < -0.4 is 4.74 Å². The zero-order valence-electron chi connectivity index (χ0n) is 14.1. The van der Waals surface area contributed by atoms with E-state index in [0.29, 0.717) is 35.0 Å². The second-order valence-electron chi connectivity index (χ2n) is 6.19. The number of Topliss-reactive ketones (excluding diaryl/α,β-unsaturated/α-hetero) is 1. The van der Waals surface area contributed by atoms with Crippen molar-refractivity contribution in [1.29, 1.82) is 0 Å². The number of ketones is 1. The second-order valence-corrected chi connectivity index (χ2v) is 6.63. The highest BCUT2D eigenvalue weighted by atomic mass is 35.5. The van der Waals surface area contributed by atoms with Gasteiger partial charge in [-0.25, -0.2) is 0 Å². The smallest absolute Gasteiger partial charge is 0.253 e. The minimum absolute atomic E-state index is 0.0451. The van der Waals surface area contributed by atoms with E-state index in [1.165, 1.54) is 0 Å². The maximum atomic E-state index is 12.7. The number of likely N-dealkylation sites (tertiary alicyclic amines) is 1. The summed E-state index contributed by atoms with van der Waals surface area (Å²) in [5, 5.41) is 0.608. The normalized spacial score (nSPS) is 17.2. The van der Waals surface area contributed by atoms with Crippen LogP contribution in [-0.2, 0) is 0 Å². The lowest BCUT2D eigenvalue weighted by Gasteiger charge is -2.32. The fourth-order valence-corrected chi connectivity index (χ4v) is 3.27. The lowest BCUT2D eigenvalue weighted by Crippen LogP contribution is -2.42. The average molecular weight is 358 g/mol. The van der Waals surface area contributed by atoms with E-state index in [1.807, 2.05) is 0 Å². The van der Waals surface area contributed by atoms with Crippen LogP contribution >= 0.6 is 11.6 Å². The fraction of sp³-hybridized carbons (Fsp3) is 0.300. The Morgan fingerprint density at radius 2 is 1.68 bits per heavy atom. The molecule has 1 fully saturated rings. The van der Waals surface area contributed by atoms with Gasteiger partial charge >= 0.3 is 0 Å². The Morgan fingerprint density at radius 1 is 1.04 bits per heavy atom. The van der Waals surface area contributed by atoms with Crippen LogP contribution in [0.3, 0.4) is 0 Å². The first-order valence-electron chi connectivity index (χ1n) is 8.31. The van der Waals surface area contributed by atoms with Gasteiger partial charge in [0.05, 0.1) is 7.11 Å². The van der Waals surface area contributed by atoms with E-state index in [-0.39, 0.29) is 17.6 Å². The summed E-state index contributed by atoms with van der Waals surface area (Å²) in [6.07, 6.45) is 1.62. The van der Waals surface area contributed by atoms with Crippen LogP contribution in [-0.4, -0.2) is 36.8 Å². The van der Waals surface area contributed by atoms with E-state index < -0.39 is 0 Å². The van der Waals surface area contributed by atoms with Crippen molar-refractivity contribution in [2.45, 2.75) is 12.8 Å². The van der Waals surface area contributed by atoms with Gasteiger partial charge < -0.3 is 9.64 Å². The van der Waals surface area contributed by atoms with Gasteiger partial charge in [0.1, 0.15) is 5.75 Å². The summed E-state index contributed by atoms with van der Waals surface area (Å²) in [6.45, 7) is 1.13. The van der Waals surface area contributed by atoms with Crippen LogP contribution in [0.25, 0.3) is 0 Å². The molecule has 1 unspecified atom stereocenters. The average Bonchev–Trinajstić information content (AvgIpc) is 2.67. The summed E-state index contributed by atoms with van der Waals surface area (Å²) in [5.41, 5.74) is 1.26. The molecule has 130 valence electrons. The predicted octanol–water partition coefficient (Wildman–Crippen LogP) is 4.08. The molecular formula is C20H20ClNO3. The van der Waals surface area contributed by atoms with Gasteiger partial charge in [-0.15, -0.1) is 0 Å². The Morgan fingerprint density at radius 3 is 2.32 bits per heavy atom. The van der Waals surface area contributed by atoms with E-state index in [1.54, 1.807) is 60.5 Å². The summed E-state index contributed by atoms with van der Waals surface area (Å²) in [6, 6.07) is 14.0. The number of ether oxygens (including phenoxy) is 1. The number of hydrogen-bond donors (Lipinski definition) is 0. The molecule has 0 spiro atoms. The summed E-state index contributed by atoms with van der Waals surface area (Å²) in [7, 11) is 1.59. The Bertz CT molecular complexity index is 756. The molecule has 0 aromatic heterocycles. The minimum Gasteiger partial charge on any atom is -0.497 e. The van der Waals surface area contributed by atoms with Crippen LogP contribution in [0.4, 0.5) is 0 Å². The van der Waals surface area contributed by atoms with Crippen molar-refractivity contribution in [2.75, 3.05) is 20.2 Å².